The summed E-state index contributed by atoms with van der Waals surface area (Å²) in [6.07, 6.45) is 1.53. The summed E-state index contributed by atoms with van der Waals surface area (Å²) in [5.74, 6) is -0.522. The maximum Gasteiger partial charge on any atom is 0.251 e. The number of primary sulfonamides is 1. The van der Waals surface area contributed by atoms with Crippen LogP contribution in [-0.4, -0.2) is 36.6 Å². The fraction of sp³-hybridized carbons (Fsp3) is 0.364. The first-order valence-electron chi connectivity index (χ1n) is 5.66. The molecular weight excluding hydrogens is 404 g/mol. The Labute approximate surface area is 139 Å². The molecule has 1 aromatic rings. The van der Waals surface area contributed by atoms with Gasteiger partial charge >= 0.3 is 0 Å². The van der Waals surface area contributed by atoms with Crippen molar-refractivity contribution in [2.24, 2.45) is 5.14 Å². The van der Waals surface area contributed by atoms with E-state index in [1.165, 1.54) is 12.3 Å². The standard InChI is InChI=1S/C11H14BrClN2O4S2/c1-6(20(2)17)5-15-11(16)7-3-8(13)10(12)9(4-7)21(14,18)19/h3-4,6H,5H2,1-2H3,(H,15,16)(H2,14,18,19). The Morgan fingerprint density at radius 1 is 1.52 bits per heavy atom. The predicted octanol–water partition coefficient (Wildman–Crippen LogP) is 1.25. The first-order chi connectivity index (χ1) is 9.54. The van der Waals surface area contributed by atoms with Crippen molar-refractivity contribution in [3.05, 3.63) is 27.2 Å². The zero-order chi connectivity index (χ0) is 16.4. The highest BCUT2D eigenvalue weighted by Gasteiger charge is 2.19. The summed E-state index contributed by atoms with van der Waals surface area (Å²) in [6.45, 7) is 1.92. The highest BCUT2D eigenvalue weighted by atomic mass is 79.9. The second kappa shape index (κ2) is 7.19. The maximum absolute atomic E-state index is 12.0. The van der Waals surface area contributed by atoms with Crippen molar-refractivity contribution in [2.75, 3.05) is 12.8 Å². The van der Waals surface area contributed by atoms with E-state index in [0.717, 1.165) is 6.07 Å². The molecule has 0 aliphatic carbocycles. The number of nitrogens with two attached hydrogens (primary N) is 1. The van der Waals surface area contributed by atoms with Gasteiger partial charge in [0.25, 0.3) is 5.91 Å². The van der Waals surface area contributed by atoms with Gasteiger partial charge in [-0.2, -0.15) is 0 Å². The van der Waals surface area contributed by atoms with Gasteiger partial charge in [-0.1, -0.05) is 11.6 Å². The van der Waals surface area contributed by atoms with Crippen molar-refractivity contribution in [1.29, 1.82) is 0 Å². The van der Waals surface area contributed by atoms with Crippen LogP contribution < -0.4 is 10.5 Å². The third kappa shape index (κ3) is 5.03. The average molecular weight is 418 g/mol. The second-order valence-corrected chi connectivity index (χ2v) is 8.87. The molecule has 1 rings (SSSR count). The fourth-order valence-corrected chi connectivity index (χ4v) is 3.51. The number of rotatable bonds is 5. The summed E-state index contributed by atoms with van der Waals surface area (Å²) in [7, 11) is -5.09. The van der Waals surface area contributed by atoms with Gasteiger partial charge in [0.2, 0.25) is 10.0 Å². The van der Waals surface area contributed by atoms with E-state index in [1.54, 1.807) is 6.92 Å². The normalized spacial score (nSPS) is 14.5. The van der Waals surface area contributed by atoms with E-state index < -0.39 is 26.7 Å². The van der Waals surface area contributed by atoms with E-state index in [9.17, 15) is 17.4 Å². The Hall–Kier alpha value is -0.480. The first-order valence-corrected chi connectivity index (χ1v) is 10.00. The Kier molecular flexibility index (Phi) is 6.36. The smallest absolute Gasteiger partial charge is 0.251 e. The van der Waals surface area contributed by atoms with E-state index in [-0.39, 0.29) is 31.7 Å². The molecule has 118 valence electrons. The number of carbonyl (C=O) groups is 1. The Balaban J connectivity index is 3.07. The quantitative estimate of drug-likeness (QED) is 0.752. The highest BCUT2D eigenvalue weighted by molar-refractivity contribution is 9.10. The van der Waals surface area contributed by atoms with Gasteiger partial charge in [0.05, 0.1) is 14.4 Å². The zero-order valence-corrected chi connectivity index (χ0v) is 15.2. The van der Waals surface area contributed by atoms with Crippen molar-refractivity contribution in [3.63, 3.8) is 0 Å². The van der Waals surface area contributed by atoms with E-state index in [0.29, 0.717) is 0 Å². The average Bonchev–Trinajstić information content (AvgIpc) is 2.36. The topological polar surface area (TPSA) is 106 Å². The third-order valence-electron chi connectivity index (χ3n) is 2.68. The van der Waals surface area contributed by atoms with Crippen molar-refractivity contribution < 1.29 is 17.4 Å². The molecular formula is C11H14BrClN2O4S2. The lowest BCUT2D eigenvalue weighted by Gasteiger charge is -2.11. The molecule has 1 amide bonds. The molecule has 2 atom stereocenters. The second-order valence-electron chi connectivity index (χ2n) is 4.33. The third-order valence-corrected chi connectivity index (χ3v) is 6.56. The molecule has 0 bridgehead atoms. The largest absolute Gasteiger partial charge is 0.351 e. The molecule has 0 aromatic heterocycles. The van der Waals surface area contributed by atoms with Gasteiger partial charge in [-0.3, -0.25) is 9.00 Å². The number of benzene rings is 1. The molecule has 0 aliphatic heterocycles. The van der Waals surface area contributed by atoms with Gasteiger partial charge in [-0.25, -0.2) is 13.6 Å². The number of halogens is 2. The number of hydrogen-bond acceptors (Lipinski definition) is 4. The van der Waals surface area contributed by atoms with Crippen molar-refractivity contribution in [1.82, 2.24) is 5.32 Å². The lowest BCUT2D eigenvalue weighted by Crippen LogP contribution is -2.32. The van der Waals surface area contributed by atoms with E-state index >= 15 is 0 Å². The molecule has 0 spiro atoms. The summed E-state index contributed by atoms with van der Waals surface area (Å²) >= 11 is 8.90. The van der Waals surface area contributed by atoms with Crippen LogP contribution in [0, 0.1) is 0 Å². The van der Waals surface area contributed by atoms with Gasteiger partial charge in [0.1, 0.15) is 0 Å². The molecule has 21 heavy (non-hydrogen) atoms. The molecule has 0 heterocycles. The van der Waals surface area contributed by atoms with E-state index in [2.05, 4.69) is 21.2 Å². The van der Waals surface area contributed by atoms with Crippen molar-refractivity contribution in [2.45, 2.75) is 17.1 Å². The van der Waals surface area contributed by atoms with Gasteiger partial charge in [-0.05, 0) is 35.0 Å². The number of carbonyl (C=O) groups excluding carboxylic acids is 1. The monoisotopic (exact) mass is 416 g/mol. The minimum Gasteiger partial charge on any atom is -0.351 e. The minimum absolute atomic E-state index is 0.0544. The number of amides is 1. The summed E-state index contributed by atoms with van der Waals surface area (Å²) in [5, 5.41) is 7.46. The van der Waals surface area contributed by atoms with Crippen LogP contribution in [0.1, 0.15) is 17.3 Å². The number of nitrogens with one attached hydrogen (secondary N) is 1. The van der Waals surface area contributed by atoms with Crippen LogP contribution in [0.3, 0.4) is 0 Å². The predicted molar refractivity (Wildman–Crippen MR) is 86.4 cm³/mol. The number of sulfonamides is 1. The van der Waals surface area contributed by atoms with Crippen molar-refractivity contribution in [3.8, 4) is 0 Å². The molecule has 0 fully saturated rings. The molecule has 3 N–H and O–H groups in total. The summed E-state index contributed by atoms with van der Waals surface area (Å²) in [4.78, 5) is 11.7. The molecule has 0 radical (unpaired) electrons. The summed E-state index contributed by atoms with van der Waals surface area (Å²) in [5.41, 5.74) is 0.0568. The van der Waals surface area contributed by atoms with E-state index in [1.807, 2.05) is 0 Å². The van der Waals surface area contributed by atoms with Crippen LogP contribution in [0.5, 0.6) is 0 Å². The van der Waals surface area contributed by atoms with Gasteiger partial charge in [0.15, 0.2) is 0 Å². The summed E-state index contributed by atoms with van der Waals surface area (Å²) < 4.78 is 34.2. The van der Waals surface area contributed by atoms with Crippen LogP contribution in [0.4, 0.5) is 0 Å². The summed E-state index contributed by atoms with van der Waals surface area (Å²) in [6, 6.07) is 2.46. The van der Waals surface area contributed by atoms with Crippen LogP contribution in [-0.2, 0) is 20.8 Å². The van der Waals surface area contributed by atoms with Crippen LogP contribution in [0.2, 0.25) is 5.02 Å². The van der Waals surface area contributed by atoms with Crippen LogP contribution >= 0.6 is 27.5 Å². The lowest BCUT2D eigenvalue weighted by molar-refractivity contribution is 0.0954. The molecule has 0 aliphatic rings. The first kappa shape index (κ1) is 18.6. The van der Waals surface area contributed by atoms with Gasteiger partial charge in [0, 0.05) is 34.4 Å². The SMILES string of the molecule is CC(CNC(=O)c1cc(Cl)c(Br)c(S(N)(=O)=O)c1)S(C)=O. The fourth-order valence-electron chi connectivity index (χ4n) is 1.36. The van der Waals surface area contributed by atoms with Gasteiger partial charge in [-0.15, -0.1) is 0 Å². The molecule has 2 unspecified atom stereocenters. The minimum atomic E-state index is -4.02. The van der Waals surface area contributed by atoms with Crippen LogP contribution in [0.25, 0.3) is 0 Å². The van der Waals surface area contributed by atoms with Crippen LogP contribution in [0.15, 0.2) is 21.5 Å². The number of hydrogen-bond donors (Lipinski definition) is 2. The molecule has 1 aromatic carbocycles. The zero-order valence-electron chi connectivity index (χ0n) is 11.2. The molecule has 0 saturated carbocycles. The Bertz CT molecular complexity index is 694. The van der Waals surface area contributed by atoms with E-state index in [4.69, 9.17) is 16.7 Å². The Morgan fingerprint density at radius 3 is 2.57 bits per heavy atom. The van der Waals surface area contributed by atoms with Gasteiger partial charge < -0.3 is 5.32 Å². The Morgan fingerprint density at radius 2 is 2.10 bits per heavy atom. The molecule has 10 heteroatoms. The molecule has 6 nitrogen and oxygen atoms in total. The highest BCUT2D eigenvalue weighted by Crippen LogP contribution is 2.30. The lowest BCUT2D eigenvalue weighted by atomic mass is 10.2. The molecule has 0 saturated heterocycles. The maximum atomic E-state index is 12.0. The van der Waals surface area contributed by atoms with Crippen molar-refractivity contribution >= 4 is 54.3 Å².